The molecular weight excluding hydrogens is 497 g/mol. The Kier molecular flexibility index (Phi) is 10.6. The van der Waals surface area contributed by atoms with Crippen LogP contribution in [0.5, 0.6) is 0 Å². The first kappa shape index (κ1) is 24.2. The minimum absolute atomic E-state index is 0. The number of halogens is 2. The number of thiophene rings is 1. The van der Waals surface area contributed by atoms with Crippen molar-refractivity contribution in [2.24, 2.45) is 4.99 Å². The molecule has 8 heteroatoms. The molecule has 0 fully saturated rings. The maximum absolute atomic E-state index is 10.6. The number of nitrogens with one attached hydrogen (secondary N) is 2. The maximum atomic E-state index is 10.6. The van der Waals surface area contributed by atoms with Gasteiger partial charge in [0.15, 0.2) is 5.96 Å². The van der Waals surface area contributed by atoms with E-state index in [1.165, 1.54) is 0 Å². The van der Waals surface area contributed by atoms with E-state index in [4.69, 9.17) is 16.3 Å². The Hall–Kier alpha value is -0.870. The summed E-state index contributed by atoms with van der Waals surface area (Å²) in [4.78, 5) is 4.53. The number of aliphatic imine (C=N–C) groups is 1. The lowest BCUT2D eigenvalue weighted by Gasteiger charge is -2.22. The number of rotatable bonds is 8. The molecule has 0 amide bonds. The smallest absolute Gasteiger partial charge is 0.191 e. The topological polar surface area (TPSA) is 65.9 Å². The number of aliphatic hydroxyl groups is 1. The third kappa shape index (κ3) is 7.57. The molecule has 0 aliphatic rings. The van der Waals surface area contributed by atoms with Crippen molar-refractivity contribution in [3.63, 3.8) is 0 Å². The van der Waals surface area contributed by atoms with E-state index in [0.717, 1.165) is 17.7 Å². The Bertz CT molecular complexity index is 711. The molecule has 1 heterocycles. The molecule has 0 saturated heterocycles. The molecule has 2 aromatic rings. The largest absolute Gasteiger partial charge is 0.383 e. The maximum Gasteiger partial charge on any atom is 0.191 e. The van der Waals surface area contributed by atoms with E-state index in [2.05, 4.69) is 15.6 Å². The quantitative estimate of drug-likeness (QED) is 0.276. The summed E-state index contributed by atoms with van der Waals surface area (Å²) in [6.07, 6.45) is -0.157. The summed E-state index contributed by atoms with van der Waals surface area (Å²) in [5.74, 6) is 0.632. The fourth-order valence-corrected chi connectivity index (χ4v) is 3.45. The van der Waals surface area contributed by atoms with Gasteiger partial charge in [0.2, 0.25) is 0 Å². The average molecular weight is 524 g/mol. The lowest BCUT2D eigenvalue weighted by Crippen LogP contribution is -2.40. The molecule has 5 nitrogen and oxygen atoms in total. The normalized spacial score (nSPS) is 14.8. The molecule has 2 rings (SSSR count). The molecule has 0 radical (unpaired) electrons. The van der Waals surface area contributed by atoms with Crippen LogP contribution < -0.4 is 10.6 Å². The van der Waals surface area contributed by atoms with Gasteiger partial charge in [-0.05, 0) is 53.9 Å². The average Bonchev–Trinajstić information content (AvgIpc) is 3.16. The van der Waals surface area contributed by atoms with E-state index in [-0.39, 0.29) is 36.6 Å². The number of ether oxygens (including phenoxy) is 1. The van der Waals surface area contributed by atoms with Crippen molar-refractivity contribution >= 4 is 52.9 Å². The first-order chi connectivity index (χ1) is 12.5. The van der Waals surface area contributed by atoms with Gasteiger partial charge >= 0.3 is 0 Å². The first-order valence-corrected chi connectivity index (χ1v) is 9.84. The lowest BCUT2D eigenvalue weighted by molar-refractivity contribution is 0.0676. The van der Waals surface area contributed by atoms with E-state index in [1.807, 2.05) is 48.0 Å². The van der Waals surface area contributed by atoms with E-state index in [1.54, 1.807) is 25.4 Å². The SMILES string of the molecule is CCNC(=NCC(C)(O)c1ccsc1)NCC(OC)c1cccc(Cl)c1.I. The minimum atomic E-state index is -1.00. The van der Waals surface area contributed by atoms with Gasteiger partial charge < -0.3 is 20.5 Å². The van der Waals surface area contributed by atoms with Crippen molar-refractivity contribution in [1.82, 2.24) is 10.6 Å². The highest BCUT2D eigenvalue weighted by Crippen LogP contribution is 2.23. The fourth-order valence-electron chi connectivity index (χ4n) is 2.47. The van der Waals surface area contributed by atoms with Gasteiger partial charge in [-0.1, -0.05) is 23.7 Å². The van der Waals surface area contributed by atoms with Crippen LogP contribution in [0.2, 0.25) is 5.02 Å². The second-order valence-corrected chi connectivity index (χ2v) is 7.36. The van der Waals surface area contributed by atoms with Crippen LogP contribution >= 0.6 is 46.9 Å². The van der Waals surface area contributed by atoms with E-state index in [0.29, 0.717) is 17.5 Å². The number of methoxy groups -OCH3 is 1. The third-order valence-corrected chi connectivity index (χ3v) is 4.91. The number of hydrogen-bond acceptors (Lipinski definition) is 4. The van der Waals surface area contributed by atoms with E-state index in [9.17, 15) is 5.11 Å². The number of nitrogens with zero attached hydrogens (tertiary/aromatic N) is 1. The van der Waals surface area contributed by atoms with E-state index < -0.39 is 5.60 Å². The van der Waals surface area contributed by atoms with Gasteiger partial charge in [-0.2, -0.15) is 11.3 Å². The summed E-state index contributed by atoms with van der Waals surface area (Å²) >= 11 is 7.63. The molecule has 0 bridgehead atoms. The number of hydrogen-bond donors (Lipinski definition) is 3. The zero-order valence-electron chi connectivity index (χ0n) is 15.7. The van der Waals surface area contributed by atoms with Crippen molar-refractivity contribution in [3.05, 3.63) is 57.2 Å². The van der Waals surface area contributed by atoms with Crippen LogP contribution in [0.25, 0.3) is 0 Å². The summed E-state index contributed by atoms with van der Waals surface area (Å²) in [5.41, 5.74) is 0.861. The molecule has 2 atom stereocenters. The highest BCUT2D eigenvalue weighted by atomic mass is 127. The van der Waals surface area contributed by atoms with Gasteiger partial charge in [0.25, 0.3) is 0 Å². The van der Waals surface area contributed by atoms with Gasteiger partial charge in [-0.3, -0.25) is 0 Å². The molecule has 0 saturated carbocycles. The molecule has 2 unspecified atom stereocenters. The van der Waals surface area contributed by atoms with Gasteiger partial charge in [0.1, 0.15) is 5.60 Å². The van der Waals surface area contributed by atoms with Crippen LogP contribution in [-0.4, -0.2) is 37.8 Å². The van der Waals surface area contributed by atoms with Crippen molar-refractivity contribution in [1.29, 1.82) is 0 Å². The van der Waals surface area contributed by atoms with Crippen LogP contribution in [0.1, 0.15) is 31.1 Å². The van der Waals surface area contributed by atoms with Gasteiger partial charge in [-0.15, -0.1) is 24.0 Å². The Labute approximate surface area is 187 Å². The van der Waals surface area contributed by atoms with Crippen LogP contribution in [0, 0.1) is 0 Å². The number of benzene rings is 1. The van der Waals surface area contributed by atoms with Crippen molar-refractivity contribution in [2.75, 3.05) is 26.7 Å². The van der Waals surface area contributed by atoms with Crippen LogP contribution in [0.4, 0.5) is 0 Å². The lowest BCUT2D eigenvalue weighted by atomic mass is 10.00. The van der Waals surface area contributed by atoms with Crippen LogP contribution in [-0.2, 0) is 10.3 Å². The van der Waals surface area contributed by atoms with Crippen LogP contribution in [0.15, 0.2) is 46.1 Å². The first-order valence-electron chi connectivity index (χ1n) is 8.51. The molecule has 0 aliphatic carbocycles. The Morgan fingerprint density at radius 2 is 2.15 bits per heavy atom. The number of guanidine groups is 1. The monoisotopic (exact) mass is 523 g/mol. The Balaban J connectivity index is 0.00000364. The summed E-state index contributed by atoms with van der Waals surface area (Å²) < 4.78 is 5.57. The molecule has 150 valence electrons. The third-order valence-electron chi connectivity index (χ3n) is 3.99. The summed E-state index contributed by atoms with van der Waals surface area (Å²) in [6, 6.07) is 9.53. The molecular formula is C19H27ClIN3O2S. The van der Waals surface area contributed by atoms with Gasteiger partial charge in [0.05, 0.1) is 12.6 Å². The summed E-state index contributed by atoms with van der Waals surface area (Å²) in [6.45, 7) is 5.28. The highest BCUT2D eigenvalue weighted by molar-refractivity contribution is 14.0. The zero-order chi connectivity index (χ0) is 19.0. The van der Waals surface area contributed by atoms with Crippen molar-refractivity contribution in [3.8, 4) is 0 Å². The fraction of sp³-hybridized carbons (Fsp3) is 0.421. The molecule has 1 aromatic carbocycles. The molecule has 0 spiro atoms. The Morgan fingerprint density at radius 3 is 2.74 bits per heavy atom. The van der Waals surface area contributed by atoms with Crippen molar-refractivity contribution in [2.45, 2.75) is 25.6 Å². The van der Waals surface area contributed by atoms with E-state index >= 15 is 0 Å². The predicted octanol–water partition coefficient (Wildman–Crippen LogP) is 4.17. The summed E-state index contributed by atoms with van der Waals surface area (Å²) in [5, 5.41) is 21.7. The standard InChI is InChI=1S/C19H26ClN3O2S.HI/c1-4-21-18(23-13-19(2,24)15-8-9-26-12-15)22-11-17(25-3)14-6-5-7-16(20)10-14;/h5-10,12,17,24H,4,11,13H2,1-3H3,(H2,21,22,23);1H. The molecule has 1 aromatic heterocycles. The molecule has 0 aliphatic heterocycles. The van der Waals surface area contributed by atoms with Gasteiger partial charge in [0, 0.05) is 25.2 Å². The second kappa shape index (κ2) is 11.9. The summed E-state index contributed by atoms with van der Waals surface area (Å²) in [7, 11) is 1.67. The minimum Gasteiger partial charge on any atom is -0.383 e. The predicted molar refractivity (Wildman–Crippen MR) is 124 cm³/mol. The highest BCUT2D eigenvalue weighted by Gasteiger charge is 2.23. The second-order valence-electron chi connectivity index (χ2n) is 6.14. The molecule has 27 heavy (non-hydrogen) atoms. The van der Waals surface area contributed by atoms with Gasteiger partial charge in [-0.25, -0.2) is 4.99 Å². The van der Waals surface area contributed by atoms with Crippen molar-refractivity contribution < 1.29 is 9.84 Å². The zero-order valence-corrected chi connectivity index (χ0v) is 19.6. The molecule has 3 N–H and O–H groups in total. The van der Waals surface area contributed by atoms with Crippen LogP contribution in [0.3, 0.4) is 0 Å². The Morgan fingerprint density at radius 1 is 1.37 bits per heavy atom.